The number of nitrogens with zero attached hydrogens (tertiary/aromatic N) is 2. The molecule has 1 aliphatic rings. The third kappa shape index (κ3) is 2.85. The Morgan fingerprint density at radius 3 is 2.54 bits per heavy atom. The second-order valence-corrected chi connectivity index (χ2v) is 5.79. The Balaban J connectivity index is 1.95. The maximum absolute atomic E-state index is 12.5. The first-order valence-corrected chi connectivity index (χ1v) is 7.63. The quantitative estimate of drug-likeness (QED) is 0.488. The smallest absolute Gasteiger partial charge is 0.266 e. The summed E-state index contributed by atoms with van der Waals surface area (Å²) in [6.07, 6.45) is 3.11. The Hall–Kier alpha value is -2.81. The minimum atomic E-state index is -0.553. The van der Waals surface area contributed by atoms with Crippen molar-refractivity contribution in [3.8, 4) is 6.19 Å². The Kier molecular flexibility index (Phi) is 4.26. The highest BCUT2D eigenvalue weighted by molar-refractivity contribution is 6.42. The van der Waals surface area contributed by atoms with Crippen molar-refractivity contribution >= 4 is 46.3 Å². The first kappa shape index (κ1) is 16.1. The van der Waals surface area contributed by atoms with Crippen LogP contribution in [0, 0.1) is 16.9 Å². The summed E-state index contributed by atoms with van der Waals surface area (Å²) in [4.78, 5) is 13.4. The van der Waals surface area contributed by atoms with Crippen LogP contribution in [0.25, 0.3) is 5.70 Å². The number of nitrogens with one attached hydrogen (secondary N) is 2. The van der Waals surface area contributed by atoms with Crippen LogP contribution in [0.2, 0.25) is 10.0 Å². The predicted molar refractivity (Wildman–Crippen MR) is 93.9 cm³/mol. The predicted octanol–water partition coefficient (Wildman–Crippen LogP) is 3.78. The van der Waals surface area contributed by atoms with Gasteiger partial charge in [0.15, 0.2) is 6.19 Å². The lowest BCUT2D eigenvalue weighted by molar-refractivity contribution is -0.113. The molecule has 24 heavy (non-hydrogen) atoms. The van der Waals surface area contributed by atoms with E-state index in [1.54, 1.807) is 12.1 Å². The second kappa shape index (κ2) is 6.36. The number of nitriles is 1. The maximum atomic E-state index is 12.5. The molecule has 0 fully saturated rings. The molecule has 2 N–H and O–H groups in total. The monoisotopic (exact) mass is 356 g/mol. The van der Waals surface area contributed by atoms with Crippen LogP contribution in [0.4, 0.5) is 5.69 Å². The number of hydrogen-bond acceptors (Lipinski definition) is 3. The molecule has 0 radical (unpaired) electrons. The summed E-state index contributed by atoms with van der Waals surface area (Å²) in [5.41, 5.74) is 2.23. The Morgan fingerprint density at radius 2 is 1.88 bits per heavy atom. The summed E-state index contributed by atoms with van der Waals surface area (Å²) in [6, 6.07) is 11.7. The van der Waals surface area contributed by atoms with Crippen LogP contribution < -0.4 is 10.2 Å². The van der Waals surface area contributed by atoms with Gasteiger partial charge in [-0.05, 0) is 18.2 Å². The van der Waals surface area contributed by atoms with E-state index in [1.807, 2.05) is 18.3 Å². The molecule has 2 aromatic carbocycles. The van der Waals surface area contributed by atoms with Gasteiger partial charge in [-0.1, -0.05) is 47.5 Å². The molecular weight excluding hydrogens is 347 g/mol. The largest absolute Gasteiger partial charge is 0.340 e. The zero-order valence-corrected chi connectivity index (χ0v) is 13.7. The first-order chi connectivity index (χ1) is 11.5. The van der Waals surface area contributed by atoms with Crippen LogP contribution in [-0.2, 0) is 4.79 Å². The fourth-order valence-electron chi connectivity index (χ4n) is 2.37. The van der Waals surface area contributed by atoms with Gasteiger partial charge in [-0.2, -0.15) is 5.26 Å². The van der Waals surface area contributed by atoms with E-state index in [4.69, 9.17) is 28.6 Å². The molecule has 0 spiro atoms. The van der Waals surface area contributed by atoms with Crippen molar-refractivity contribution in [2.75, 3.05) is 4.90 Å². The number of amides is 1. The number of halogens is 2. The molecule has 1 heterocycles. The summed E-state index contributed by atoms with van der Waals surface area (Å²) >= 11 is 11.8. The van der Waals surface area contributed by atoms with Crippen LogP contribution in [-0.4, -0.2) is 11.7 Å². The van der Waals surface area contributed by atoms with E-state index in [2.05, 4.69) is 5.32 Å². The lowest BCUT2D eigenvalue weighted by atomic mass is 10.1. The van der Waals surface area contributed by atoms with Gasteiger partial charge in [-0.25, -0.2) is 4.90 Å². The van der Waals surface area contributed by atoms with Crippen molar-refractivity contribution in [2.45, 2.75) is 0 Å². The molecule has 0 aromatic heterocycles. The van der Waals surface area contributed by atoms with Gasteiger partial charge < -0.3 is 5.32 Å². The van der Waals surface area contributed by atoms with Crippen molar-refractivity contribution in [3.05, 3.63) is 69.7 Å². The lowest BCUT2D eigenvalue weighted by Crippen LogP contribution is -2.25. The Morgan fingerprint density at radius 1 is 1.17 bits per heavy atom. The number of carbonyl (C=O) groups excluding carboxylic acids is 1. The van der Waals surface area contributed by atoms with Gasteiger partial charge in [-0.15, -0.1) is 0 Å². The molecule has 0 unspecified atom stereocenters. The third-order valence-corrected chi connectivity index (χ3v) is 4.23. The van der Waals surface area contributed by atoms with E-state index in [0.29, 0.717) is 22.0 Å². The Bertz CT molecular complexity index is 930. The van der Waals surface area contributed by atoms with Crippen LogP contribution in [0.5, 0.6) is 0 Å². The van der Waals surface area contributed by atoms with E-state index in [1.165, 1.54) is 24.3 Å². The molecule has 118 valence electrons. The van der Waals surface area contributed by atoms with E-state index < -0.39 is 5.91 Å². The van der Waals surface area contributed by atoms with Crippen LogP contribution in [0.15, 0.2) is 48.5 Å². The summed E-state index contributed by atoms with van der Waals surface area (Å²) in [6.45, 7) is 0. The number of benzene rings is 2. The van der Waals surface area contributed by atoms with Gasteiger partial charge in [0.05, 0.1) is 21.4 Å². The topological polar surface area (TPSA) is 80.0 Å². The maximum Gasteiger partial charge on any atom is 0.266 e. The van der Waals surface area contributed by atoms with Gasteiger partial charge in [0, 0.05) is 17.2 Å². The standard InChI is InChI=1S/C17H10Cl2N4O/c18-13-6-5-10(7-14(13)19)23(9-20)16(24)8-15-11-3-1-2-4-12(11)17(21)22-15/h1-8H,(H2,21,22). The molecule has 7 heteroatoms. The average molecular weight is 357 g/mol. The molecule has 1 amide bonds. The van der Waals surface area contributed by atoms with Crippen LogP contribution in [0.1, 0.15) is 11.1 Å². The zero-order valence-electron chi connectivity index (χ0n) is 12.2. The molecule has 5 nitrogen and oxygen atoms in total. The van der Waals surface area contributed by atoms with Crippen molar-refractivity contribution < 1.29 is 4.79 Å². The molecule has 0 atom stereocenters. The number of rotatable bonds is 2. The number of hydrogen-bond donors (Lipinski definition) is 2. The highest BCUT2D eigenvalue weighted by Gasteiger charge is 2.23. The third-order valence-electron chi connectivity index (χ3n) is 3.50. The fraction of sp³-hybridized carbons (Fsp3) is 0. The van der Waals surface area contributed by atoms with Crippen molar-refractivity contribution in [3.63, 3.8) is 0 Å². The molecule has 0 aliphatic carbocycles. The first-order valence-electron chi connectivity index (χ1n) is 6.87. The average Bonchev–Trinajstić information content (AvgIpc) is 2.88. The summed E-state index contributed by atoms with van der Waals surface area (Å²) < 4.78 is 0. The van der Waals surface area contributed by atoms with Crippen molar-refractivity contribution in [1.82, 2.24) is 5.32 Å². The highest BCUT2D eigenvalue weighted by atomic mass is 35.5. The van der Waals surface area contributed by atoms with Crippen LogP contribution >= 0.6 is 23.2 Å². The molecule has 1 aliphatic heterocycles. The van der Waals surface area contributed by atoms with Gasteiger partial charge in [0.2, 0.25) is 0 Å². The molecule has 0 saturated carbocycles. The second-order valence-electron chi connectivity index (χ2n) is 4.98. The SMILES string of the molecule is N#CN(C(=O)C=C1NC(=N)c2ccccc21)c1ccc(Cl)c(Cl)c1. The number of anilines is 1. The highest BCUT2D eigenvalue weighted by Crippen LogP contribution is 2.28. The van der Waals surface area contributed by atoms with Gasteiger partial charge in [0.25, 0.3) is 5.91 Å². The summed E-state index contributed by atoms with van der Waals surface area (Å²) in [7, 11) is 0. The fourth-order valence-corrected chi connectivity index (χ4v) is 2.66. The van der Waals surface area contributed by atoms with Crippen molar-refractivity contribution in [1.29, 1.82) is 10.7 Å². The number of fused-ring (bicyclic) bond motifs is 1. The van der Waals surface area contributed by atoms with Gasteiger partial charge >= 0.3 is 0 Å². The molecule has 2 aromatic rings. The molecule has 0 saturated heterocycles. The summed E-state index contributed by atoms with van der Waals surface area (Å²) in [5, 5.41) is 20.6. The lowest BCUT2D eigenvalue weighted by Gasteiger charge is -2.13. The van der Waals surface area contributed by atoms with E-state index in [-0.39, 0.29) is 10.9 Å². The molecule has 0 bridgehead atoms. The Labute approximate surface area is 148 Å². The van der Waals surface area contributed by atoms with Crippen LogP contribution in [0.3, 0.4) is 0 Å². The van der Waals surface area contributed by atoms with Gasteiger partial charge in [-0.3, -0.25) is 10.2 Å². The normalized spacial score (nSPS) is 14.0. The van der Waals surface area contributed by atoms with E-state index >= 15 is 0 Å². The minimum absolute atomic E-state index is 0.211. The van der Waals surface area contributed by atoms with E-state index in [9.17, 15) is 10.1 Å². The number of amidine groups is 1. The van der Waals surface area contributed by atoms with Gasteiger partial charge in [0.1, 0.15) is 5.84 Å². The molecular formula is C17H10Cl2N4O. The minimum Gasteiger partial charge on any atom is -0.340 e. The summed E-state index contributed by atoms with van der Waals surface area (Å²) in [5.74, 6) is -0.342. The molecule has 3 rings (SSSR count). The van der Waals surface area contributed by atoms with E-state index in [0.717, 1.165) is 10.5 Å². The zero-order chi connectivity index (χ0) is 17.3. The van der Waals surface area contributed by atoms with Crippen molar-refractivity contribution in [2.24, 2.45) is 0 Å². The number of carbonyl (C=O) groups is 1.